The fourth-order valence-electron chi connectivity index (χ4n) is 2.91. The van der Waals surface area contributed by atoms with Crippen molar-refractivity contribution >= 4 is 36.6 Å². The lowest BCUT2D eigenvalue weighted by molar-refractivity contribution is -0.133. The molecule has 3 N–H and O–H groups in total. The Morgan fingerprint density at radius 3 is 2.18 bits per heavy atom. The van der Waals surface area contributed by atoms with Crippen LogP contribution in [-0.4, -0.2) is 66.9 Å². The van der Waals surface area contributed by atoms with Crippen molar-refractivity contribution in [1.82, 2.24) is 15.1 Å². The van der Waals surface area contributed by atoms with Crippen LogP contribution in [0.25, 0.3) is 0 Å². The first-order chi connectivity index (χ1) is 9.51. The van der Waals surface area contributed by atoms with Gasteiger partial charge in [-0.1, -0.05) is 12.8 Å². The lowest BCUT2D eigenvalue weighted by Crippen LogP contribution is -2.52. The molecule has 6 nitrogen and oxygen atoms in total. The van der Waals surface area contributed by atoms with Gasteiger partial charge in [-0.2, -0.15) is 0 Å². The fourth-order valence-corrected chi connectivity index (χ4v) is 2.91. The Labute approximate surface area is 145 Å². The zero-order valence-corrected chi connectivity index (χ0v) is 14.8. The number of hydrogen-bond acceptors (Lipinski definition) is 4. The molecule has 0 aromatic rings. The first-order valence-electron chi connectivity index (χ1n) is 7.55. The summed E-state index contributed by atoms with van der Waals surface area (Å²) >= 11 is 0. The van der Waals surface area contributed by atoms with E-state index >= 15 is 0 Å². The van der Waals surface area contributed by atoms with E-state index in [4.69, 9.17) is 5.73 Å². The third-order valence-electron chi connectivity index (χ3n) is 4.43. The second-order valence-corrected chi connectivity index (χ2v) is 6.05. The van der Waals surface area contributed by atoms with Gasteiger partial charge in [-0.05, 0) is 19.9 Å². The summed E-state index contributed by atoms with van der Waals surface area (Å²) in [4.78, 5) is 28.1. The lowest BCUT2D eigenvalue weighted by Gasteiger charge is -2.32. The molecule has 1 aliphatic carbocycles. The number of carbonyl (C=O) groups is 2. The third kappa shape index (κ3) is 5.57. The molecule has 0 aromatic carbocycles. The highest BCUT2D eigenvalue weighted by atomic mass is 35.5. The van der Waals surface area contributed by atoms with Crippen molar-refractivity contribution in [1.29, 1.82) is 0 Å². The number of nitrogens with one attached hydrogen (secondary N) is 1. The molecule has 1 saturated carbocycles. The van der Waals surface area contributed by atoms with Gasteiger partial charge in [-0.15, -0.1) is 24.8 Å². The maximum atomic E-state index is 12.0. The monoisotopic (exact) mass is 354 g/mol. The number of likely N-dealkylation sites (N-methyl/N-ethyl adjacent to an activating group) is 1. The average molecular weight is 355 g/mol. The largest absolute Gasteiger partial charge is 0.354 e. The van der Waals surface area contributed by atoms with Crippen molar-refractivity contribution in [2.45, 2.75) is 37.6 Å². The molecule has 2 fully saturated rings. The van der Waals surface area contributed by atoms with Gasteiger partial charge in [0.1, 0.15) is 0 Å². The average Bonchev–Trinajstić information content (AvgIpc) is 2.87. The highest BCUT2D eigenvalue weighted by Gasteiger charge is 2.36. The Morgan fingerprint density at radius 1 is 1.09 bits per heavy atom. The second-order valence-electron chi connectivity index (χ2n) is 6.05. The highest BCUT2D eigenvalue weighted by Crippen LogP contribution is 2.27. The van der Waals surface area contributed by atoms with Crippen molar-refractivity contribution in [3.05, 3.63) is 0 Å². The van der Waals surface area contributed by atoms with E-state index in [1.807, 2.05) is 4.90 Å². The molecule has 2 amide bonds. The van der Waals surface area contributed by atoms with Crippen LogP contribution in [0.15, 0.2) is 0 Å². The first kappa shape index (κ1) is 21.4. The number of nitrogens with zero attached hydrogens (tertiary/aromatic N) is 2. The minimum Gasteiger partial charge on any atom is -0.354 e. The maximum absolute atomic E-state index is 12.0. The van der Waals surface area contributed by atoms with Crippen LogP contribution < -0.4 is 11.1 Å². The van der Waals surface area contributed by atoms with Crippen LogP contribution in [0.2, 0.25) is 0 Å². The van der Waals surface area contributed by atoms with Gasteiger partial charge in [0, 0.05) is 39.1 Å². The molecule has 130 valence electrons. The molecule has 1 heterocycles. The van der Waals surface area contributed by atoms with Crippen molar-refractivity contribution in [2.24, 2.45) is 5.73 Å². The molecule has 0 spiro atoms. The van der Waals surface area contributed by atoms with E-state index in [1.54, 1.807) is 0 Å². The zero-order valence-electron chi connectivity index (χ0n) is 13.2. The van der Waals surface area contributed by atoms with Crippen LogP contribution in [0.4, 0.5) is 0 Å². The van der Waals surface area contributed by atoms with Crippen molar-refractivity contribution in [3.63, 3.8) is 0 Å². The van der Waals surface area contributed by atoms with E-state index in [2.05, 4.69) is 17.3 Å². The molecule has 2 rings (SSSR count). The van der Waals surface area contributed by atoms with Gasteiger partial charge in [0.2, 0.25) is 11.8 Å². The van der Waals surface area contributed by atoms with Crippen LogP contribution in [-0.2, 0) is 9.59 Å². The lowest BCUT2D eigenvalue weighted by atomic mass is 9.98. The van der Waals surface area contributed by atoms with Crippen LogP contribution in [0, 0.1) is 0 Å². The summed E-state index contributed by atoms with van der Waals surface area (Å²) in [5.74, 6) is 0.0251. The molecule has 8 heteroatoms. The van der Waals surface area contributed by atoms with Gasteiger partial charge in [0.25, 0.3) is 0 Å². The molecule has 0 radical (unpaired) electrons. The molecule has 0 unspecified atom stereocenters. The predicted molar refractivity (Wildman–Crippen MR) is 91.6 cm³/mol. The summed E-state index contributed by atoms with van der Waals surface area (Å²) in [6, 6.07) is 0. The Bertz CT molecular complexity index is 368. The normalized spacial score (nSPS) is 20.7. The summed E-state index contributed by atoms with van der Waals surface area (Å²) in [6.07, 6.45) is 3.91. The quantitative estimate of drug-likeness (QED) is 0.764. The van der Waals surface area contributed by atoms with Crippen LogP contribution in [0.1, 0.15) is 32.1 Å². The van der Waals surface area contributed by atoms with E-state index in [1.165, 1.54) is 0 Å². The van der Waals surface area contributed by atoms with Crippen LogP contribution >= 0.6 is 24.8 Å². The van der Waals surface area contributed by atoms with Gasteiger partial charge in [-0.3, -0.25) is 9.59 Å². The topological polar surface area (TPSA) is 78.7 Å². The zero-order chi connectivity index (χ0) is 14.6. The predicted octanol–water partition coefficient (Wildman–Crippen LogP) is 0.382. The Kier molecular flexibility index (Phi) is 9.31. The van der Waals surface area contributed by atoms with E-state index < -0.39 is 5.54 Å². The Morgan fingerprint density at radius 2 is 1.64 bits per heavy atom. The SMILES string of the molecule is CN1CCN(C(=O)CCNC(=O)C2(N)CCCC2)CC1.Cl.Cl. The molecule has 0 atom stereocenters. The number of piperazine rings is 1. The second kappa shape index (κ2) is 9.55. The minimum absolute atomic E-state index is 0. The summed E-state index contributed by atoms with van der Waals surface area (Å²) in [6.45, 7) is 3.80. The van der Waals surface area contributed by atoms with E-state index in [0.29, 0.717) is 13.0 Å². The molecule has 1 aliphatic heterocycles. The number of hydrogen-bond donors (Lipinski definition) is 2. The smallest absolute Gasteiger partial charge is 0.240 e. The summed E-state index contributed by atoms with van der Waals surface area (Å²) in [5.41, 5.74) is 5.37. The summed E-state index contributed by atoms with van der Waals surface area (Å²) < 4.78 is 0. The van der Waals surface area contributed by atoms with Gasteiger partial charge in [-0.25, -0.2) is 0 Å². The van der Waals surface area contributed by atoms with Gasteiger partial charge in [0.05, 0.1) is 5.54 Å². The number of rotatable bonds is 4. The molecule has 2 aliphatic rings. The molecule has 0 aromatic heterocycles. The first-order valence-corrected chi connectivity index (χ1v) is 7.55. The molecule has 1 saturated heterocycles. The van der Waals surface area contributed by atoms with Crippen LogP contribution in [0.3, 0.4) is 0 Å². The maximum Gasteiger partial charge on any atom is 0.240 e. The van der Waals surface area contributed by atoms with Gasteiger partial charge in [0.15, 0.2) is 0 Å². The Hall–Kier alpha value is -0.560. The molecule has 22 heavy (non-hydrogen) atoms. The van der Waals surface area contributed by atoms with Gasteiger partial charge < -0.3 is 20.9 Å². The third-order valence-corrected chi connectivity index (χ3v) is 4.43. The van der Waals surface area contributed by atoms with Crippen molar-refractivity contribution < 1.29 is 9.59 Å². The number of carbonyl (C=O) groups excluding carboxylic acids is 2. The van der Waals surface area contributed by atoms with Crippen molar-refractivity contribution in [3.8, 4) is 0 Å². The molecular weight excluding hydrogens is 327 g/mol. The molecular formula is C14H28Cl2N4O2. The van der Waals surface area contributed by atoms with E-state index in [9.17, 15) is 9.59 Å². The fraction of sp³-hybridized carbons (Fsp3) is 0.857. The highest BCUT2D eigenvalue weighted by molar-refractivity contribution is 5.87. The number of nitrogens with two attached hydrogens (primary N) is 1. The van der Waals surface area contributed by atoms with E-state index in [0.717, 1.165) is 51.9 Å². The summed E-state index contributed by atoms with van der Waals surface area (Å²) in [7, 11) is 2.06. The van der Waals surface area contributed by atoms with Crippen LogP contribution in [0.5, 0.6) is 0 Å². The number of amides is 2. The molecule has 0 bridgehead atoms. The minimum atomic E-state index is -0.698. The van der Waals surface area contributed by atoms with E-state index in [-0.39, 0.29) is 36.6 Å². The Balaban J connectivity index is 0.00000220. The standard InChI is InChI=1S/C14H26N4O2.2ClH/c1-17-8-10-18(11-9-17)12(19)4-7-16-13(20)14(15)5-2-3-6-14;;/h2-11,15H2,1H3,(H,16,20);2*1H. The summed E-state index contributed by atoms with van der Waals surface area (Å²) in [5, 5.41) is 2.82. The van der Waals surface area contributed by atoms with Crippen molar-refractivity contribution in [2.75, 3.05) is 39.8 Å². The van der Waals surface area contributed by atoms with Gasteiger partial charge >= 0.3 is 0 Å². The number of halogens is 2.